The molecule has 1 aromatic rings. The van der Waals surface area contributed by atoms with Crippen molar-refractivity contribution in [3.63, 3.8) is 0 Å². The molecule has 1 fully saturated rings. The molecule has 6 heteroatoms. The Hall–Kier alpha value is -0.726. The van der Waals surface area contributed by atoms with Gasteiger partial charge in [0.25, 0.3) is 0 Å². The van der Waals surface area contributed by atoms with Crippen molar-refractivity contribution in [2.24, 2.45) is 0 Å². The Morgan fingerprint density at radius 2 is 1.36 bits per heavy atom. The van der Waals surface area contributed by atoms with E-state index >= 15 is 0 Å². The average molecular weight is 339 g/mol. The number of fused-ring (bicyclic) bond motifs is 1. The van der Waals surface area contributed by atoms with E-state index in [-0.39, 0.29) is 0 Å². The van der Waals surface area contributed by atoms with Crippen LogP contribution in [0.25, 0.3) is 0 Å². The van der Waals surface area contributed by atoms with Crippen LogP contribution in [0, 0.1) is 0 Å². The number of hydrogen-bond acceptors (Lipinski definition) is 3. The lowest BCUT2D eigenvalue weighted by atomic mass is 10.2. The molecule has 0 radical (unpaired) electrons. The largest absolute Gasteiger partial charge is 0.494 e. The van der Waals surface area contributed by atoms with E-state index in [4.69, 9.17) is 0 Å². The number of hydrogen-bond donors (Lipinski definition) is 2. The van der Waals surface area contributed by atoms with Gasteiger partial charge in [-0.1, -0.05) is 26.2 Å². The van der Waals surface area contributed by atoms with Crippen LogP contribution < -0.4 is 0 Å². The highest BCUT2D eigenvalue weighted by molar-refractivity contribution is 6.95. The smallest absolute Gasteiger partial charge is 0.197 e. The van der Waals surface area contributed by atoms with Gasteiger partial charge in [0.2, 0.25) is 0 Å². The second kappa shape index (κ2) is 5.42. The summed E-state index contributed by atoms with van der Waals surface area (Å²) in [6.45, 7) is 11.8. The third-order valence-electron chi connectivity index (χ3n) is 5.84. The van der Waals surface area contributed by atoms with E-state index in [1.807, 2.05) is 0 Å². The van der Waals surface area contributed by atoms with Crippen molar-refractivity contribution < 1.29 is 10.2 Å². The van der Waals surface area contributed by atoms with Gasteiger partial charge in [-0.05, 0) is 44.3 Å². The summed E-state index contributed by atoms with van der Waals surface area (Å²) < 4.78 is 4.61. The molecule has 2 heterocycles. The standard InChI is InChI=1S/C16H30N2O2Si2/c1-21(2)11-12-22(3,4)18(21)10-6-9-17-15(19)13-7-5-8-14(13)16(17)20/h19-20H,5-12H2,1-4H3. The minimum atomic E-state index is -1.21. The summed E-state index contributed by atoms with van der Waals surface area (Å²) in [5.41, 5.74) is 1.98. The summed E-state index contributed by atoms with van der Waals surface area (Å²) in [5.74, 6) is 0.638. The van der Waals surface area contributed by atoms with E-state index in [0.717, 1.165) is 49.9 Å². The minimum absolute atomic E-state index is 0.319. The van der Waals surface area contributed by atoms with Gasteiger partial charge in [-0.15, -0.1) is 0 Å². The summed E-state index contributed by atoms with van der Waals surface area (Å²) in [6.07, 6.45) is 3.89. The SMILES string of the molecule is C[Si]1(C)CC[Si](C)(C)N1CCCn1c(O)c2c(c1O)CCC2. The second-order valence-corrected chi connectivity index (χ2v) is 18.0. The van der Waals surface area contributed by atoms with E-state index in [9.17, 15) is 10.2 Å². The van der Waals surface area contributed by atoms with Gasteiger partial charge in [0.05, 0.1) is 0 Å². The maximum Gasteiger partial charge on any atom is 0.197 e. The number of rotatable bonds is 4. The lowest BCUT2D eigenvalue weighted by Crippen LogP contribution is -2.55. The molecule has 4 nitrogen and oxygen atoms in total. The molecule has 124 valence electrons. The fourth-order valence-corrected chi connectivity index (χ4v) is 18.8. The van der Waals surface area contributed by atoms with Crippen LogP contribution in [0.3, 0.4) is 0 Å². The number of aromatic nitrogens is 1. The van der Waals surface area contributed by atoms with E-state index in [2.05, 4.69) is 30.4 Å². The Kier molecular flexibility index (Phi) is 3.98. The summed E-state index contributed by atoms with van der Waals surface area (Å²) in [7, 11) is -2.42. The fourth-order valence-electron chi connectivity index (χ4n) is 4.57. The Labute approximate surface area is 135 Å². The van der Waals surface area contributed by atoms with Crippen LogP contribution in [-0.2, 0) is 19.4 Å². The topological polar surface area (TPSA) is 48.6 Å². The first-order chi connectivity index (χ1) is 10.2. The van der Waals surface area contributed by atoms with Crippen molar-refractivity contribution in [1.29, 1.82) is 0 Å². The lowest BCUT2D eigenvalue weighted by molar-refractivity contribution is 0.356. The Morgan fingerprint density at radius 1 is 0.864 bits per heavy atom. The molecule has 0 unspecified atom stereocenters. The number of aromatic hydroxyl groups is 2. The Bertz CT molecular complexity index is 538. The zero-order valence-electron chi connectivity index (χ0n) is 14.4. The third kappa shape index (κ3) is 2.55. The Morgan fingerprint density at radius 3 is 1.86 bits per heavy atom. The van der Waals surface area contributed by atoms with Crippen molar-refractivity contribution in [3.8, 4) is 11.8 Å². The maximum absolute atomic E-state index is 10.3. The summed E-state index contributed by atoms with van der Waals surface area (Å²) >= 11 is 0. The molecule has 1 aromatic heterocycles. The van der Waals surface area contributed by atoms with E-state index in [1.54, 1.807) is 4.57 Å². The highest BCUT2D eigenvalue weighted by Crippen LogP contribution is 2.40. The van der Waals surface area contributed by atoms with Crippen LogP contribution >= 0.6 is 0 Å². The van der Waals surface area contributed by atoms with Crippen LogP contribution in [-0.4, -0.2) is 42.0 Å². The zero-order valence-corrected chi connectivity index (χ0v) is 16.4. The van der Waals surface area contributed by atoms with Crippen molar-refractivity contribution in [3.05, 3.63) is 11.1 Å². The molecule has 0 bridgehead atoms. The van der Waals surface area contributed by atoms with Gasteiger partial charge in [0, 0.05) is 17.7 Å². The van der Waals surface area contributed by atoms with Gasteiger partial charge in [-0.2, -0.15) is 0 Å². The van der Waals surface area contributed by atoms with E-state index in [0.29, 0.717) is 11.8 Å². The normalized spacial score (nSPS) is 23.1. The molecule has 0 spiro atoms. The van der Waals surface area contributed by atoms with Crippen LogP contribution in [0.15, 0.2) is 0 Å². The highest BCUT2D eigenvalue weighted by atomic mass is 28.4. The van der Waals surface area contributed by atoms with E-state index < -0.39 is 16.5 Å². The van der Waals surface area contributed by atoms with E-state index in [1.165, 1.54) is 12.1 Å². The summed E-state index contributed by atoms with van der Waals surface area (Å²) in [6, 6.07) is 2.86. The molecule has 2 aliphatic rings. The molecule has 0 aromatic carbocycles. The molecular weight excluding hydrogens is 308 g/mol. The first kappa shape index (κ1) is 16.1. The first-order valence-corrected chi connectivity index (χ1v) is 14.9. The van der Waals surface area contributed by atoms with Gasteiger partial charge in [0.1, 0.15) is 16.5 Å². The van der Waals surface area contributed by atoms with Crippen molar-refractivity contribution in [1.82, 2.24) is 8.80 Å². The monoisotopic (exact) mass is 338 g/mol. The Balaban J connectivity index is 1.67. The van der Waals surface area contributed by atoms with Crippen LogP contribution in [0.1, 0.15) is 24.0 Å². The van der Waals surface area contributed by atoms with Gasteiger partial charge < -0.3 is 14.4 Å². The summed E-state index contributed by atoms with van der Waals surface area (Å²) in [5, 5.41) is 20.7. The maximum atomic E-state index is 10.3. The van der Waals surface area contributed by atoms with Gasteiger partial charge >= 0.3 is 0 Å². The quantitative estimate of drug-likeness (QED) is 0.826. The van der Waals surface area contributed by atoms with Crippen LogP contribution in [0.5, 0.6) is 11.8 Å². The lowest BCUT2D eigenvalue weighted by Gasteiger charge is -2.39. The first-order valence-electron chi connectivity index (χ1n) is 8.64. The molecule has 1 aliphatic carbocycles. The molecule has 1 aliphatic heterocycles. The van der Waals surface area contributed by atoms with Gasteiger partial charge in [-0.3, -0.25) is 4.57 Å². The van der Waals surface area contributed by atoms with Crippen molar-refractivity contribution in [2.45, 2.75) is 70.5 Å². The predicted molar refractivity (Wildman–Crippen MR) is 95.7 cm³/mol. The molecule has 1 saturated heterocycles. The third-order valence-corrected chi connectivity index (χ3v) is 16.3. The van der Waals surface area contributed by atoms with Gasteiger partial charge in [0.15, 0.2) is 11.8 Å². The minimum Gasteiger partial charge on any atom is -0.494 e. The predicted octanol–water partition coefficient (Wildman–Crippen LogP) is 3.50. The average Bonchev–Trinajstić information content (AvgIpc) is 3.05. The van der Waals surface area contributed by atoms with Crippen molar-refractivity contribution in [2.75, 3.05) is 6.54 Å². The highest BCUT2D eigenvalue weighted by Gasteiger charge is 2.46. The van der Waals surface area contributed by atoms with Crippen LogP contribution in [0.2, 0.25) is 38.3 Å². The second-order valence-electron chi connectivity index (χ2n) is 8.24. The van der Waals surface area contributed by atoms with Crippen molar-refractivity contribution >= 4 is 16.5 Å². The van der Waals surface area contributed by atoms with Crippen LogP contribution in [0.4, 0.5) is 0 Å². The van der Waals surface area contributed by atoms with Gasteiger partial charge in [-0.25, -0.2) is 0 Å². The fraction of sp³-hybridized carbons (Fsp3) is 0.750. The molecule has 2 N–H and O–H groups in total. The molecule has 0 atom stereocenters. The molecule has 3 rings (SSSR count). The molecular formula is C16H30N2O2Si2. The zero-order chi connectivity index (χ0) is 16.1. The molecule has 22 heavy (non-hydrogen) atoms. The molecule has 0 saturated carbocycles. The summed E-state index contributed by atoms with van der Waals surface area (Å²) in [4.78, 5) is 0. The number of nitrogens with zero attached hydrogens (tertiary/aromatic N) is 2. The molecule has 0 amide bonds.